The quantitative estimate of drug-likeness (QED) is 0.739. The van der Waals surface area contributed by atoms with E-state index in [1.807, 2.05) is 31.2 Å². The summed E-state index contributed by atoms with van der Waals surface area (Å²) >= 11 is 5.87. The maximum absolute atomic E-state index is 11.3. The topological polar surface area (TPSA) is 50.4 Å². The van der Waals surface area contributed by atoms with E-state index in [-0.39, 0.29) is 5.76 Å². The van der Waals surface area contributed by atoms with Crippen molar-refractivity contribution in [3.63, 3.8) is 0 Å². The summed E-state index contributed by atoms with van der Waals surface area (Å²) in [6.45, 7) is 1.96. The van der Waals surface area contributed by atoms with Crippen LogP contribution in [0.1, 0.15) is 16.1 Å². The standard InChI is InChI=1S/C16H11ClO3/c1-9-2-7-12-13(8-9)14(20-15(12)16(18)19)10-3-5-11(17)6-4-10/h2-8H,1H3,(H,18,19). The third-order valence-electron chi connectivity index (χ3n) is 3.17. The maximum Gasteiger partial charge on any atom is 0.372 e. The molecular formula is C16H11ClO3. The summed E-state index contributed by atoms with van der Waals surface area (Å²) in [5.74, 6) is -0.554. The molecule has 0 saturated carbocycles. The molecule has 3 nitrogen and oxygen atoms in total. The summed E-state index contributed by atoms with van der Waals surface area (Å²) in [6, 6.07) is 12.7. The lowest BCUT2D eigenvalue weighted by Crippen LogP contribution is -1.93. The summed E-state index contributed by atoms with van der Waals surface area (Å²) in [7, 11) is 0. The minimum atomic E-state index is -1.07. The number of fused-ring (bicyclic) bond motifs is 1. The minimum absolute atomic E-state index is 0.0371. The third kappa shape index (κ3) is 2.06. The van der Waals surface area contributed by atoms with Gasteiger partial charge in [0.1, 0.15) is 5.76 Å². The molecule has 0 saturated heterocycles. The third-order valence-corrected chi connectivity index (χ3v) is 3.42. The molecule has 0 aliphatic rings. The highest BCUT2D eigenvalue weighted by Crippen LogP contribution is 2.35. The zero-order valence-corrected chi connectivity index (χ0v) is 11.4. The molecule has 1 heterocycles. The number of carboxylic acid groups (broad SMARTS) is 1. The number of aryl methyl sites for hydroxylation is 1. The molecule has 0 radical (unpaired) electrons. The fraction of sp³-hybridized carbons (Fsp3) is 0.0625. The lowest BCUT2D eigenvalue weighted by atomic mass is 10.0. The zero-order chi connectivity index (χ0) is 14.3. The molecule has 0 spiro atoms. The van der Waals surface area contributed by atoms with Crippen LogP contribution in [0.25, 0.3) is 22.1 Å². The van der Waals surface area contributed by atoms with Crippen LogP contribution in [0.15, 0.2) is 46.9 Å². The molecule has 0 aliphatic heterocycles. The molecule has 4 heteroatoms. The van der Waals surface area contributed by atoms with Gasteiger partial charge in [-0.3, -0.25) is 0 Å². The molecule has 2 aromatic carbocycles. The molecule has 1 N–H and O–H groups in total. The lowest BCUT2D eigenvalue weighted by Gasteiger charge is -1.99. The number of carbonyl (C=O) groups is 1. The second kappa shape index (κ2) is 4.69. The highest BCUT2D eigenvalue weighted by atomic mass is 35.5. The van der Waals surface area contributed by atoms with E-state index >= 15 is 0 Å². The van der Waals surface area contributed by atoms with Gasteiger partial charge in [-0.2, -0.15) is 0 Å². The van der Waals surface area contributed by atoms with Crippen molar-refractivity contribution in [1.29, 1.82) is 0 Å². The van der Waals surface area contributed by atoms with Crippen LogP contribution >= 0.6 is 11.6 Å². The van der Waals surface area contributed by atoms with E-state index in [0.29, 0.717) is 16.2 Å². The van der Waals surface area contributed by atoms with Gasteiger partial charge in [0, 0.05) is 21.4 Å². The smallest absolute Gasteiger partial charge is 0.372 e. The van der Waals surface area contributed by atoms with E-state index in [1.165, 1.54) is 0 Å². The Balaban J connectivity index is 2.32. The van der Waals surface area contributed by atoms with Crippen molar-refractivity contribution in [2.75, 3.05) is 0 Å². The van der Waals surface area contributed by atoms with E-state index in [2.05, 4.69) is 0 Å². The molecule has 0 atom stereocenters. The fourth-order valence-electron chi connectivity index (χ4n) is 2.23. The monoisotopic (exact) mass is 286 g/mol. The first kappa shape index (κ1) is 12.8. The largest absolute Gasteiger partial charge is 0.475 e. The number of hydrogen-bond donors (Lipinski definition) is 1. The van der Waals surface area contributed by atoms with Crippen molar-refractivity contribution < 1.29 is 14.3 Å². The molecule has 0 unspecified atom stereocenters. The summed E-state index contributed by atoms with van der Waals surface area (Å²) < 4.78 is 5.56. The molecule has 3 aromatic rings. The van der Waals surface area contributed by atoms with E-state index in [1.54, 1.807) is 18.2 Å². The predicted molar refractivity (Wildman–Crippen MR) is 78.4 cm³/mol. The van der Waals surface area contributed by atoms with Crippen molar-refractivity contribution in [2.45, 2.75) is 6.92 Å². The van der Waals surface area contributed by atoms with Crippen LogP contribution < -0.4 is 0 Å². The lowest BCUT2D eigenvalue weighted by molar-refractivity contribution is 0.0666. The maximum atomic E-state index is 11.3. The Morgan fingerprint density at radius 1 is 1.10 bits per heavy atom. The normalized spacial score (nSPS) is 10.9. The Labute approximate surface area is 120 Å². The molecular weight excluding hydrogens is 276 g/mol. The predicted octanol–water partition coefficient (Wildman–Crippen LogP) is 4.76. The van der Waals surface area contributed by atoms with Gasteiger partial charge in [-0.1, -0.05) is 23.2 Å². The SMILES string of the molecule is Cc1ccc2c(C(=O)O)oc(-c3ccc(Cl)cc3)c2c1. The molecule has 20 heavy (non-hydrogen) atoms. The molecule has 0 fully saturated rings. The molecule has 0 bridgehead atoms. The van der Waals surface area contributed by atoms with Gasteiger partial charge in [0.2, 0.25) is 5.76 Å². The Bertz CT molecular complexity index is 800. The van der Waals surface area contributed by atoms with E-state index in [9.17, 15) is 9.90 Å². The Morgan fingerprint density at radius 3 is 2.45 bits per heavy atom. The van der Waals surface area contributed by atoms with Gasteiger partial charge in [0.25, 0.3) is 0 Å². The van der Waals surface area contributed by atoms with Crippen LogP contribution in [0.5, 0.6) is 0 Å². The van der Waals surface area contributed by atoms with Crippen LogP contribution in [-0.4, -0.2) is 11.1 Å². The highest BCUT2D eigenvalue weighted by molar-refractivity contribution is 6.30. The van der Waals surface area contributed by atoms with Crippen molar-refractivity contribution in [3.8, 4) is 11.3 Å². The first-order chi connectivity index (χ1) is 9.56. The van der Waals surface area contributed by atoms with Gasteiger partial charge in [-0.05, 0) is 43.3 Å². The average Bonchev–Trinajstić information content (AvgIpc) is 2.78. The number of rotatable bonds is 2. The first-order valence-corrected chi connectivity index (χ1v) is 6.46. The van der Waals surface area contributed by atoms with Gasteiger partial charge in [0.05, 0.1) is 0 Å². The minimum Gasteiger partial charge on any atom is -0.475 e. The number of benzene rings is 2. The molecule has 0 amide bonds. The summed E-state index contributed by atoms with van der Waals surface area (Å²) in [5, 5.41) is 11.3. The molecule has 3 rings (SSSR count). The number of furan rings is 1. The Kier molecular flexibility index (Phi) is 2.99. The van der Waals surface area contributed by atoms with Gasteiger partial charge in [-0.25, -0.2) is 4.79 Å². The zero-order valence-electron chi connectivity index (χ0n) is 10.7. The van der Waals surface area contributed by atoms with Crippen LogP contribution in [-0.2, 0) is 0 Å². The number of aromatic carboxylic acids is 1. The van der Waals surface area contributed by atoms with Crippen LogP contribution in [0.2, 0.25) is 5.02 Å². The summed E-state index contributed by atoms with van der Waals surface area (Å²) in [4.78, 5) is 11.3. The van der Waals surface area contributed by atoms with Gasteiger partial charge in [-0.15, -0.1) is 0 Å². The number of hydrogen-bond acceptors (Lipinski definition) is 2. The van der Waals surface area contributed by atoms with Crippen molar-refractivity contribution in [3.05, 3.63) is 58.8 Å². The van der Waals surface area contributed by atoms with Crippen LogP contribution in [0, 0.1) is 6.92 Å². The fourth-order valence-corrected chi connectivity index (χ4v) is 2.36. The van der Waals surface area contributed by atoms with Crippen molar-refractivity contribution in [1.82, 2.24) is 0 Å². The van der Waals surface area contributed by atoms with Crippen molar-refractivity contribution >= 4 is 28.3 Å². The average molecular weight is 287 g/mol. The second-order valence-electron chi connectivity index (χ2n) is 4.62. The van der Waals surface area contributed by atoms with E-state index < -0.39 is 5.97 Å². The molecule has 100 valence electrons. The summed E-state index contributed by atoms with van der Waals surface area (Å²) in [6.07, 6.45) is 0. The van der Waals surface area contributed by atoms with Crippen molar-refractivity contribution in [2.24, 2.45) is 0 Å². The van der Waals surface area contributed by atoms with E-state index in [0.717, 1.165) is 16.5 Å². The Morgan fingerprint density at radius 2 is 1.80 bits per heavy atom. The van der Waals surface area contributed by atoms with Crippen LogP contribution in [0.4, 0.5) is 0 Å². The number of halogens is 1. The first-order valence-electron chi connectivity index (χ1n) is 6.08. The second-order valence-corrected chi connectivity index (χ2v) is 5.06. The van der Waals surface area contributed by atoms with Gasteiger partial charge < -0.3 is 9.52 Å². The van der Waals surface area contributed by atoms with Crippen LogP contribution in [0.3, 0.4) is 0 Å². The highest BCUT2D eigenvalue weighted by Gasteiger charge is 2.19. The van der Waals surface area contributed by atoms with Gasteiger partial charge >= 0.3 is 5.97 Å². The molecule has 0 aliphatic carbocycles. The number of carboxylic acids is 1. The summed E-state index contributed by atoms with van der Waals surface area (Å²) in [5.41, 5.74) is 1.85. The van der Waals surface area contributed by atoms with E-state index in [4.69, 9.17) is 16.0 Å². The molecule has 1 aromatic heterocycles. The van der Waals surface area contributed by atoms with Gasteiger partial charge in [0.15, 0.2) is 0 Å². The Hall–Kier alpha value is -2.26.